The van der Waals surface area contributed by atoms with Crippen LogP contribution in [0.25, 0.3) is 0 Å². The lowest BCUT2D eigenvalue weighted by Crippen LogP contribution is -2.47. The molecule has 2 aromatic rings. The van der Waals surface area contributed by atoms with Crippen molar-refractivity contribution in [2.45, 2.75) is 44.8 Å². The van der Waals surface area contributed by atoms with Crippen molar-refractivity contribution >= 4 is 28.9 Å². The second kappa shape index (κ2) is 11.7. The zero-order chi connectivity index (χ0) is 25.7. The van der Waals surface area contributed by atoms with Gasteiger partial charge >= 0.3 is 6.18 Å². The summed E-state index contributed by atoms with van der Waals surface area (Å²) < 4.78 is 39.3. The Morgan fingerprint density at radius 2 is 1.67 bits per heavy atom. The highest BCUT2D eigenvalue weighted by atomic mass is 35.5. The Balaban J connectivity index is 1.14. The summed E-state index contributed by atoms with van der Waals surface area (Å²) in [6.45, 7) is 8.24. The first-order valence-electron chi connectivity index (χ1n) is 12.6. The summed E-state index contributed by atoms with van der Waals surface area (Å²) in [5.41, 5.74) is 2.10. The molecule has 0 spiro atoms. The maximum Gasteiger partial charge on any atom is 0.417 e. The van der Waals surface area contributed by atoms with Gasteiger partial charge in [0.2, 0.25) is 5.91 Å². The van der Waals surface area contributed by atoms with Gasteiger partial charge in [-0.05, 0) is 63.1 Å². The number of rotatable bonds is 7. The molecule has 0 atom stereocenters. The SMILES string of the molecule is Cc1ccc(N2CCN(CCCC(=O)N3CCC(Nc4ccc(Cl)c(C(F)(F)F)c4)CC3)CC2)cc1. The molecule has 2 heterocycles. The number of halogens is 4. The van der Waals surface area contributed by atoms with Crippen LogP contribution in [0.2, 0.25) is 5.02 Å². The quantitative estimate of drug-likeness (QED) is 0.508. The zero-order valence-electron chi connectivity index (χ0n) is 20.7. The number of nitrogens with zero attached hydrogens (tertiary/aromatic N) is 3. The molecule has 2 aliphatic rings. The fourth-order valence-corrected chi connectivity index (χ4v) is 5.16. The Bertz CT molecular complexity index is 1010. The first-order valence-corrected chi connectivity index (χ1v) is 13.0. The smallest absolute Gasteiger partial charge is 0.382 e. The number of amides is 1. The molecule has 0 unspecified atom stereocenters. The molecule has 0 radical (unpaired) electrons. The van der Waals surface area contributed by atoms with Crippen LogP contribution in [0.3, 0.4) is 0 Å². The van der Waals surface area contributed by atoms with Crippen molar-refractivity contribution < 1.29 is 18.0 Å². The van der Waals surface area contributed by atoms with E-state index < -0.39 is 11.7 Å². The fourth-order valence-electron chi connectivity index (χ4n) is 4.94. The molecular formula is C27H34ClF3N4O. The van der Waals surface area contributed by atoms with Gasteiger partial charge in [-0.2, -0.15) is 13.2 Å². The minimum Gasteiger partial charge on any atom is -0.382 e. The summed E-state index contributed by atoms with van der Waals surface area (Å²) in [5.74, 6) is 0.164. The van der Waals surface area contributed by atoms with Crippen molar-refractivity contribution in [3.05, 3.63) is 58.6 Å². The van der Waals surface area contributed by atoms with E-state index in [4.69, 9.17) is 11.6 Å². The Hall–Kier alpha value is -2.45. The number of alkyl halides is 3. The number of nitrogens with one attached hydrogen (secondary N) is 1. The first-order chi connectivity index (χ1) is 17.2. The van der Waals surface area contributed by atoms with E-state index in [1.54, 1.807) is 6.07 Å². The second-order valence-corrected chi connectivity index (χ2v) is 10.2. The van der Waals surface area contributed by atoms with Crippen molar-refractivity contribution in [3.8, 4) is 0 Å². The summed E-state index contributed by atoms with van der Waals surface area (Å²) in [7, 11) is 0. The molecule has 2 aliphatic heterocycles. The van der Waals surface area contributed by atoms with E-state index in [1.807, 2.05) is 4.90 Å². The number of carbonyl (C=O) groups excluding carboxylic acids is 1. The van der Waals surface area contributed by atoms with Crippen LogP contribution in [0.5, 0.6) is 0 Å². The molecule has 1 N–H and O–H groups in total. The Morgan fingerprint density at radius 1 is 1.00 bits per heavy atom. The van der Waals surface area contributed by atoms with Crippen molar-refractivity contribution in [1.82, 2.24) is 9.80 Å². The number of likely N-dealkylation sites (tertiary alicyclic amines) is 1. The van der Waals surface area contributed by atoms with Crippen LogP contribution >= 0.6 is 11.6 Å². The van der Waals surface area contributed by atoms with E-state index in [9.17, 15) is 18.0 Å². The molecule has 1 amide bonds. The molecule has 9 heteroatoms. The minimum atomic E-state index is -4.49. The highest BCUT2D eigenvalue weighted by Gasteiger charge is 2.33. The van der Waals surface area contributed by atoms with E-state index in [1.165, 1.54) is 17.3 Å². The monoisotopic (exact) mass is 522 g/mol. The van der Waals surface area contributed by atoms with Gasteiger partial charge < -0.3 is 15.1 Å². The molecule has 2 saturated heterocycles. The van der Waals surface area contributed by atoms with Crippen molar-refractivity contribution in [2.24, 2.45) is 0 Å². The first kappa shape index (κ1) is 26.6. The highest BCUT2D eigenvalue weighted by molar-refractivity contribution is 6.31. The fraction of sp³-hybridized carbons (Fsp3) is 0.519. The predicted octanol–water partition coefficient (Wildman–Crippen LogP) is 5.67. The predicted molar refractivity (Wildman–Crippen MR) is 139 cm³/mol. The van der Waals surface area contributed by atoms with E-state index in [0.29, 0.717) is 38.0 Å². The normalized spacial score (nSPS) is 17.9. The lowest BCUT2D eigenvalue weighted by atomic mass is 10.0. The lowest BCUT2D eigenvalue weighted by Gasteiger charge is -2.36. The molecule has 196 valence electrons. The number of hydrogen-bond acceptors (Lipinski definition) is 4. The standard InChI is InChI=1S/C27H34ClF3N4O/c1-20-4-7-23(8-5-20)34-17-15-33(16-18-34)12-2-3-26(36)35-13-10-21(11-14-35)32-22-6-9-25(28)24(19-22)27(29,30)31/h4-9,19,21,32H,2-3,10-18H2,1H3. The number of hydrogen-bond donors (Lipinski definition) is 1. The molecule has 4 rings (SSSR count). The van der Waals surface area contributed by atoms with E-state index in [-0.39, 0.29) is 17.0 Å². The van der Waals surface area contributed by atoms with Gasteiger partial charge in [0.25, 0.3) is 0 Å². The van der Waals surface area contributed by atoms with Crippen molar-refractivity contribution in [2.75, 3.05) is 56.0 Å². The third-order valence-electron chi connectivity index (χ3n) is 7.13. The zero-order valence-corrected chi connectivity index (χ0v) is 21.4. The Morgan fingerprint density at radius 3 is 2.31 bits per heavy atom. The molecule has 0 aliphatic carbocycles. The van der Waals surface area contributed by atoms with E-state index in [2.05, 4.69) is 46.3 Å². The van der Waals surface area contributed by atoms with Crippen LogP contribution in [0, 0.1) is 6.92 Å². The summed E-state index contributed by atoms with van der Waals surface area (Å²) in [6.07, 6.45) is -1.71. The van der Waals surface area contributed by atoms with Crippen LogP contribution in [-0.2, 0) is 11.0 Å². The number of carbonyl (C=O) groups is 1. The lowest BCUT2D eigenvalue weighted by molar-refractivity contribution is -0.137. The molecule has 0 aromatic heterocycles. The Kier molecular flexibility index (Phi) is 8.67. The van der Waals surface area contributed by atoms with Gasteiger partial charge in [-0.3, -0.25) is 9.69 Å². The second-order valence-electron chi connectivity index (χ2n) is 9.76. The molecular weight excluding hydrogens is 489 g/mol. The maximum atomic E-state index is 13.1. The van der Waals surface area contributed by atoms with Gasteiger partial charge in [0.05, 0.1) is 10.6 Å². The van der Waals surface area contributed by atoms with Crippen LogP contribution in [0.15, 0.2) is 42.5 Å². The average Bonchev–Trinajstić information content (AvgIpc) is 2.86. The van der Waals surface area contributed by atoms with E-state index in [0.717, 1.165) is 45.2 Å². The number of piperidine rings is 1. The van der Waals surface area contributed by atoms with Gasteiger partial charge in [0.1, 0.15) is 0 Å². The van der Waals surface area contributed by atoms with Crippen LogP contribution < -0.4 is 10.2 Å². The van der Waals surface area contributed by atoms with Crippen LogP contribution in [0.1, 0.15) is 36.8 Å². The number of anilines is 2. The molecule has 5 nitrogen and oxygen atoms in total. The minimum absolute atomic E-state index is 0.0288. The van der Waals surface area contributed by atoms with Gasteiger partial charge in [0.15, 0.2) is 0 Å². The summed E-state index contributed by atoms with van der Waals surface area (Å²) in [6, 6.07) is 12.6. The van der Waals surface area contributed by atoms with Gasteiger partial charge in [-0.15, -0.1) is 0 Å². The third kappa shape index (κ3) is 7.07. The van der Waals surface area contributed by atoms with Gasteiger partial charge in [0, 0.05) is 63.1 Å². The number of benzene rings is 2. The summed E-state index contributed by atoms with van der Waals surface area (Å²) in [4.78, 5) is 19.4. The molecule has 2 fully saturated rings. The number of aryl methyl sites for hydroxylation is 1. The molecule has 0 saturated carbocycles. The molecule has 0 bridgehead atoms. The summed E-state index contributed by atoms with van der Waals surface area (Å²) in [5, 5.41) is 2.87. The van der Waals surface area contributed by atoms with Gasteiger partial charge in [-0.25, -0.2) is 0 Å². The molecule has 36 heavy (non-hydrogen) atoms. The number of piperazine rings is 1. The molecule has 2 aromatic carbocycles. The van der Waals surface area contributed by atoms with Gasteiger partial charge in [-0.1, -0.05) is 29.3 Å². The topological polar surface area (TPSA) is 38.8 Å². The Labute approximate surface area is 216 Å². The summed E-state index contributed by atoms with van der Waals surface area (Å²) >= 11 is 5.71. The highest BCUT2D eigenvalue weighted by Crippen LogP contribution is 2.36. The largest absolute Gasteiger partial charge is 0.417 e. The van der Waals surface area contributed by atoms with Crippen LogP contribution in [-0.4, -0.2) is 67.6 Å². The third-order valence-corrected chi connectivity index (χ3v) is 7.46. The van der Waals surface area contributed by atoms with Crippen molar-refractivity contribution in [1.29, 1.82) is 0 Å². The maximum absolute atomic E-state index is 13.1. The van der Waals surface area contributed by atoms with E-state index >= 15 is 0 Å². The average molecular weight is 523 g/mol. The van der Waals surface area contributed by atoms with Crippen LogP contribution in [0.4, 0.5) is 24.5 Å². The van der Waals surface area contributed by atoms with Crippen molar-refractivity contribution in [3.63, 3.8) is 0 Å².